The number of aliphatic hydroxyl groups excluding tert-OH is 2. The molecule has 2 unspecified atom stereocenters. The first-order valence-electron chi connectivity index (χ1n) is 27.9. The van der Waals surface area contributed by atoms with Gasteiger partial charge in [0.05, 0.1) is 25.4 Å². The summed E-state index contributed by atoms with van der Waals surface area (Å²) in [6.07, 6.45) is 67.1. The molecule has 0 aliphatic heterocycles. The molecule has 0 aliphatic carbocycles. The lowest BCUT2D eigenvalue weighted by Gasteiger charge is -2.19. The second kappa shape index (κ2) is 53.4. The highest BCUT2D eigenvalue weighted by molar-refractivity contribution is 5.76. The molecule has 1 amide bonds. The van der Waals surface area contributed by atoms with E-state index >= 15 is 0 Å². The largest absolute Gasteiger partial charge is 0.466 e. The van der Waals surface area contributed by atoms with Gasteiger partial charge in [-0.3, -0.25) is 9.59 Å². The number of rotatable bonds is 51. The number of esters is 1. The van der Waals surface area contributed by atoms with Crippen molar-refractivity contribution in [1.29, 1.82) is 0 Å². The normalized spacial score (nSPS) is 13.0. The van der Waals surface area contributed by atoms with Crippen LogP contribution in [0.3, 0.4) is 0 Å². The van der Waals surface area contributed by atoms with Gasteiger partial charge in [-0.2, -0.15) is 0 Å². The Hall–Kier alpha value is -2.18. The topological polar surface area (TPSA) is 95.9 Å². The minimum absolute atomic E-state index is 0.0268. The molecule has 64 heavy (non-hydrogen) atoms. The van der Waals surface area contributed by atoms with Gasteiger partial charge in [0.1, 0.15) is 0 Å². The van der Waals surface area contributed by atoms with Crippen molar-refractivity contribution in [2.24, 2.45) is 0 Å². The first-order valence-corrected chi connectivity index (χ1v) is 27.9. The van der Waals surface area contributed by atoms with Crippen LogP contribution in [-0.4, -0.2) is 47.4 Å². The maximum atomic E-state index is 12.4. The van der Waals surface area contributed by atoms with E-state index in [1.54, 1.807) is 6.08 Å². The number of ether oxygens (including phenoxy) is 1. The van der Waals surface area contributed by atoms with Crippen LogP contribution in [0, 0.1) is 0 Å². The average molecular weight is 898 g/mol. The molecule has 0 aromatic carbocycles. The SMILES string of the molecule is CCCCCCCC/C=C\CCCCCCCC(=O)OCCCCCCCC/C=C\C/C=C\CCC(=O)NC(CO)C(O)/C=C/CCCCCCCCCCCCCCCCCCC. The zero-order chi connectivity index (χ0) is 46.5. The van der Waals surface area contributed by atoms with Gasteiger partial charge in [0, 0.05) is 12.8 Å². The van der Waals surface area contributed by atoms with Crippen molar-refractivity contribution in [2.75, 3.05) is 13.2 Å². The molecule has 6 nitrogen and oxygen atoms in total. The van der Waals surface area contributed by atoms with E-state index < -0.39 is 12.1 Å². The van der Waals surface area contributed by atoms with Gasteiger partial charge in [-0.15, -0.1) is 0 Å². The molecule has 0 heterocycles. The first kappa shape index (κ1) is 61.8. The van der Waals surface area contributed by atoms with E-state index in [9.17, 15) is 19.8 Å². The summed E-state index contributed by atoms with van der Waals surface area (Å²) in [6, 6.07) is -0.673. The molecule has 374 valence electrons. The summed E-state index contributed by atoms with van der Waals surface area (Å²) in [6.45, 7) is 4.83. The summed E-state index contributed by atoms with van der Waals surface area (Å²) in [5.41, 5.74) is 0. The van der Waals surface area contributed by atoms with Crippen LogP contribution in [0.4, 0.5) is 0 Å². The summed E-state index contributed by atoms with van der Waals surface area (Å²) >= 11 is 0. The summed E-state index contributed by atoms with van der Waals surface area (Å²) < 4.78 is 5.45. The van der Waals surface area contributed by atoms with Crippen LogP contribution in [0.1, 0.15) is 284 Å². The highest BCUT2D eigenvalue weighted by Crippen LogP contribution is 2.16. The molecule has 0 fully saturated rings. The third-order valence-electron chi connectivity index (χ3n) is 12.6. The van der Waals surface area contributed by atoms with Crippen molar-refractivity contribution in [2.45, 2.75) is 296 Å². The Morgan fingerprint density at radius 3 is 1.23 bits per heavy atom. The van der Waals surface area contributed by atoms with Crippen molar-refractivity contribution < 1.29 is 24.5 Å². The van der Waals surface area contributed by atoms with Gasteiger partial charge >= 0.3 is 5.97 Å². The predicted molar refractivity (Wildman–Crippen MR) is 278 cm³/mol. The number of hydrogen-bond acceptors (Lipinski definition) is 5. The Kier molecular flexibility index (Phi) is 51.6. The van der Waals surface area contributed by atoms with Gasteiger partial charge in [0.25, 0.3) is 0 Å². The highest BCUT2D eigenvalue weighted by Gasteiger charge is 2.17. The maximum absolute atomic E-state index is 12.4. The van der Waals surface area contributed by atoms with Crippen molar-refractivity contribution in [3.63, 3.8) is 0 Å². The molecule has 0 aromatic heterocycles. The molecular weight excluding hydrogens is 791 g/mol. The predicted octanol–water partition coefficient (Wildman–Crippen LogP) is 17.0. The van der Waals surface area contributed by atoms with Gasteiger partial charge in [-0.1, -0.05) is 242 Å². The molecule has 0 radical (unpaired) electrons. The van der Waals surface area contributed by atoms with Crippen LogP contribution in [-0.2, 0) is 14.3 Å². The van der Waals surface area contributed by atoms with Crippen molar-refractivity contribution in [1.82, 2.24) is 5.32 Å². The van der Waals surface area contributed by atoms with E-state index in [1.807, 2.05) is 12.2 Å². The summed E-state index contributed by atoms with van der Waals surface area (Å²) in [7, 11) is 0. The minimum Gasteiger partial charge on any atom is -0.466 e. The van der Waals surface area contributed by atoms with Crippen LogP contribution >= 0.6 is 0 Å². The number of carbonyl (C=O) groups is 2. The van der Waals surface area contributed by atoms with Crippen LogP contribution in [0.25, 0.3) is 0 Å². The van der Waals surface area contributed by atoms with Gasteiger partial charge in [-0.05, 0) is 77.0 Å². The second-order valence-corrected chi connectivity index (χ2v) is 18.9. The van der Waals surface area contributed by atoms with Crippen molar-refractivity contribution in [3.8, 4) is 0 Å². The summed E-state index contributed by atoms with van der Waals surface area (Å²) in [5.74, 6) is -0.175. The lowest BCUT2D eigenvalue weighted by molar-refractivity contribution is -0.143. The number of carbonyl (C=O) groups excluding carboxylic acids is 2. The van der Waals surface area contributed by atoms with Gasteiger partial charge < -0.3 is 20.3 Å². The summed E-state index contributed by atoms with van der Waals surface area (Å²) in [5, 5.41) is 23.1. The summed E-state index contributed by atoms with van der Waals surface area (Å²) in [4.78, 5) is 24.5. The first-order chi connectivity index (χ1) is 31.5. The van der Waals surface area contributed by atoms with E-state index in [0.717, 1.165) is 51.4 Å². The monoisotopic (exact) mass is 898 g/mol. The van der Waals surface area contributed by atoms with Gasteiger partial charge in [0.2, 0.25) is 5.91 Å². The molecule has 0 bridgehead atoms. The molecule has 0 saturated heterocycles. The molecule has 0 spiro atoms. The second-order valence-electron chi connectivity index (χ2n) is 18.9. The Balaban J connectivity index is 3.59. The van der Waals surface area contributed by atoms with Crippen molar-refractivity contribution >= 4 is 11.9 Å². The quantitative estimate of drug-likeness (QED) is 0.0321. The number of amides is 1. The van der Waals surface area contributed by atoms with Crippen LogP contribution in [0.2, 0.25) is 0 Å². The zero-order valence-corrected chi connectivity index (χ0v) is 42.5. The highest BCUT2D eigenvalue weighted by atomic mass is 16.5. The Bertz CT molecular complexity index is 1080. The number of unbranched alkanes of at least 4 members (excludes halogenated alkanes) is 34. The zero-order valence-electron chi connectivity index (χ0n) is 42.5. The van der Waals surface area contributed by atoms with E-state index in [0.29, 0.717) is 25.9 Å². The third-order valence-corrected chi connectivity index (χ3v) is 12.6. The fraction of sp³-hybridized carbons (Fsp3) is 0.828. The molecule has 0 rings (SSSR count). The smallest absolute Gasteiger partial charge is 0.305 e. The van der Waals surface area contributed by atoms with Crippen LogP contribution in [0.15, 0.2) is 48.6 Å². The molecule has 6 heteroatoms. The lowest BCUT2D eigenvalue weighted by Crippen LogP contribution is -2.45. The average Bonchev–Trinajstić information content (AvgIpc) is 3.29. The molecule has 0 saturated carbocycles. The van der Waals surface area contributed by atoms with Gasteiger partial charge in [-0.25, -0.2) is 0 Å². The van der Waals surface area contributed by atoms with E-state index in [-0.39, 0.29) is 18.5 Å². The third kappa shape index (κ3) is 49.3. The fourth-order valence-corrected chi connectivity index (χ4v) is 8.27. The number of hydrogen-bond donors (Lipinski definition) is 3. The number of allylic oxidation sites excluding steroid dienone is 7. The van der Waals surface area contributed by atoms with Gasteiger partial charge in [0.15, 0.2) is 0 Å². The Labute approximate surface area is 397 Å². The number of aliphatic hydroxyl groups is 2. The maximum Gasteiger partial charge on any atom is 0.305 e. The minimum atomic E-state index is -0.881. The molecule has 2 atom stereocenters. The number of nitrogens with one attached hydrogen (secondary N) is 1. The van der Waals surface area contributed by atoms with E-state index in [1.165, 1.54) is 199 Å². The molecule has 0 aromatic rings. The van der Waals surface area contributed by atoms with E-state index in [2.05, 4.69) is 49.5 Å². The molecule has 3 N–H and O–H groups in total. The molecular formula is C58H107NO5. The van der Waals surface area contributed by atoms with Crippen LogP contribution in [0.5, 0.6) is 0 Å². The fourth-order valence-electron chi connectivity index (χ4n) is 8.27. The Morgan fingerprint density at radius 1 is 0.438 bits per heavy atom. The molecule has 0 aliphatic rings. The van der Waals surface area contributed by atoms with Crippen LogP contribution < -0.4 is 5.32 Å². The van der Waals surface area contributed by atoms with E-state index in [4.69, 9.17) is 4.74 Å². The lowest BCUT2D eigenvalue weighted by atomic mass is 10.0. The Morgan fingerprint density at radius 2 is 0.797 bits per heavy atom. The van der Waals surface area contributed by atoms with Crippen molar-refractivity contribution in [3.05, 3.63) is 48.6 Å². The standard InChI is InChI=1S/C58H107NO5/c1-3-5-7-9-11-13-15-17-19-20-21-22-24-26-30-34-38-42-46-50-56(61)55(54-60)59-57(62)51-47-43-39-35-31-27-25-29-33-37-41-45-49-53-64-58(63)52-48-44-40-36-32-28-23-18-16-14-12-10-8-6-4-2/h18,23,27,31,39,43,46,50,55-56,60-61H,3-17,19-22,24-26,28-30,32-38,40-42,44-45,47-49,51-54H2,1-2H3,(H,59,62)/b23-18-,31-27-,43-39-,50-46+.